The molecule has 0 aliphatic rings. The van der Waals surface area contributed by atoms with E-state index in [0.717, 1.165) is 24.4 Å². The zero-order valence-corrected chi connectivity index (χ0v) is 10.9. The van der Waals surface area contributed by atoms with Gasteiger partial charge in [0.15, 0.2) is 5.65 Å². The summed E-state index contributed by atoms with van der Waals surface area (Å²) in [6, 6.07) is 4.01. The second-order valence-electron chi connectivity index (χ2n) is 4.48. The van der Waals surface area contributed by atoms with Crippen LogP contribution in [0.4, 0.5) is 5.95 Å². The van der Waals surface area contributed by atoms with E-state index in [2.05, 4.69) is 25.6 Å². The standard InChI is InChI=1S/C12H15N7/c1-9-4-6-19-11(7-9)15-12(17-19)13-5-3-10-16-14-8-18(10)2/h4,6-8H,3,5H2,1-2H3,(H,13,17). The van der Waals surface area contributed by atoms with Crippen LogP contribution in [-0.2, 0) is 13.5 Å². The van der Waals surface area contributed by atoms with Gasteiger partial charge in [-0.1, -0.05) is 0 Å². The van der Waals surface area contributed by atoms with Crippen molar-refractivity contribution in [3.63, 3.8) is 0 Å². The normalized spacial score (nSPS) is 11.1. The first-order valence-corrected chi connectivity index (χ1v) is 6.12. The summed E-state index contributed by atoms with van der Waals surface area (Å²) in [4.78, 5) is 4.41. The monoisotopic (exact) mass is 257 g/mol. The molecule has 0 aliphatic heterocycles. The maximum atomic E-state index is 4.41. The summed E-state index contributed by atoms with van der Waals surface area (Å²) in [5.74, 6) is 1.57. The van der Waals surface area contributed by atoms with Crippen molar-refractivity contribution in [1.29, 1.82) is 0 Å². The van der Waals surface area contributed by atoms with Crippen LogP contribution in [0.25, 0.3) is 5.65 Å². The van der Waals surface area contributed by atoms with E-state index >= 15 is 0 Å². The fourth-order valence-electron chi connectivity index (χ4n) is 1.88. The Labute approximate surface area is 110 Å². The Morgan fingerprint density at radius 2 is 2.26 bits per heavy atom. The van der Waals surface area contributed by atoms with E-state index in [1.165, 1.54) is 5.56 Å². The number of anilines is 1. The molecule has 7 nitrogen and oxygen atoms in total. The first-order chi connectivity index (χ1) is 9.22. The molecular formula is C12H15N7. The quantitative estimate of drug-likeness (QED) is 0.749. The largest absolute Gasteiger partial charge is 0.352 e. The summed E-state index contributed by atoms with van der Waals surface area (Å²) >= 11 is 0. The van der Waals surface area contributed by atoms with Gasteiger partial charge >= 0.3 is 0 Å². The van der Waals surface area contributed by atoms with Crippen molar-refractivity contribution in [2.75, 3.05) is 11.9 Å². The van der Waals surface area contributed by atoms with Crippen LogP contribution in [0.2, 0.25) is 0 Å². The maximum absolute atomic E-state index is 4.41. The molecule has 0 bridgehead atoms. The third-order valence-electron chi connectivity index (χ3n) is 2.93. The van der Waals surface area contributed by atoms with E-state index in [1.807, 2.05) is 36.9 Å². The second-order valence-corrected chi connectivity index (χ2v) is 4.48. The number of aryl methyl sites for hydroxylation is 2. The Bertz CT molecular complexity index is 697. The van der Waals surface area contributed by atoms with Crippen LogP contribution in [-0.4, -0.2) is 35.9 Å². The van der Waals surface area contributed by atoms with E-state index in [4.69, 9.17) is 0 Å². The van der Waals surface area contributed by atoms with Gasteiger partial charge in [0.2, 0.25) is 5.95 Å². The van der Waals surface area contributed by atoms with Gasteiger partial charge in [0.05, 0.1) is 0 Å². The number of nitrogens with zero attached hydrogens (tertiary/aromatic N) is 6. The molecule has 0 aromatic carbocycles. The third-order valence-corrected chi connectivity index (χ3v) is 2.93. The summed E-state index contributed by atoms with van der Waals surface area (Å²) in [5.41, 5.74) is 2.02. The molecule has 0 fully saturated rings. The molecule has 98 valence electrons. The zero-order valence-electron chi connectivity index (χ0n) is 10.9. The minimum absolute atomic E-state index is 0.632. The van der Waals surface area contributed by atoms with Gasteiger partial charge in [0, 0.05) is 26.2 Å². The number of aromatic nitrogens is 6. The average molecular weight is 257 g/mol. The molecule has 3 heterocycles. The molecule has 0 amide bonds. The van der Waals surface area contributed by atoms with Gasteiger partial charge in [0.25, 0.3) is 0 Å². The van der Waals surface area contributed by atoms with Crippen LogP contribution in [0.5, 0.6) is 0 Å². The molecule has 0 saturated carbocycles. The summed E-state index contributed by atoms with van der Waals surface area (Å²) in [6.07, 6.45) is 4.39. The van der Waals surface area contributed by atoms with Crippen molar-refractivity contribution >= 4 is 11.6 Å². The predicted molar refractivity (Wildman–Crippen MR) is 70.9 cm³/mol. The van der Waals surface area contributed by atoms with E-state index in [9.17, 15) is 0 Å². The molecule has 0 radical (unpaired) electrons. The van der Waals surface area contributed by atoms with Gasteiger partial charge in [-0.25, -0.2) is 4.52 Å². The van der Waals surface area contributed by atoms with E-state index < -0.39 is 0 Å². The Balaban J connectivity index is 1.67. The molecule has 0 unspecified atom stereocenters. The Morgan fingerprint density at radius 3 is 3.05 bits per heavy atom. The molecule has 0 spiro atoms. The first-order valence-electron chi connectivity index (χ1n) is 6.12. The number of hydrogen-bond donors (Lipinski definition) is 1. The first kappa shape index (κ1) is 11.6. The predicted octanol–water partition coefficient (Wildman–Crippen LogP) is 0.821. The number of pyridine rings is 1. The Kier molecular flexibility index (Phi) is 2.86. The van der Waals surface area contributed by atoms with E-state index in [1.54, 1.807) is 10.8 Å². The van der Waals surface area contributed by atoms with Gasteiger partial charge in [-0.3, -0.25) is 0 Å². The minimum Gasteiger partial charge on any atom is -0.352 e. The van der Waals surface area contributed by atoms with Crippen LogP contribution in [0.3, 0.4) is 0 Å². The van der Waals surface area contributed by atoms with Crippen molar-refractivity contribution in [3.05, 3.63) is 36.0 Å². The summed E-state index contributed by atoms with van der Waals surface area (Å²) in [7, 11) is 1.93. The topological polar surface area (TPSA) is 72.9 Å². The van der Waals surface area contributed by atoms with Gasteiger partial charge in [-0.15, -0.1) is 15.3 Å². The molecule has 0 saturated heterocycles. The molecule has 1 N–H and O–H groups in total. The van der Waals surface area contributed by atoms with Crippen LogP contribution < -0.4 is 5.32 Å². The lowest BCUT2D eigenvalue weighted by molar-refractivity contribution is 0.785. The Morgan fingerprint density at radius 1 is 1.37 bits per heavy atom. The molecule has 0 atom stereocenters. The minimum atomic E-state index is 0.632. The highest BCUT2D eigenvalue weighted by Crippen LogP contribution is 2.07. The number of nitrogens with one attached hydrogen (secondary N) is 1. The van der Waals surface area contributed by atoms with Crippen molar-refractivity contribution < 1.29 is 0 Å². The highest BCUT2D eigenvalue weighted by molar-refractivity contribution is 5.45. The van der Waals surface area contributed by atoms with Crippen LogP contribution in [0.1, 0.15) is 11.4 Å². The maximum Gasteiger partial charge on any atom is 0.243 e. The van der Waals surface area contributed by atoms with Crippen LogP contribution in [0, 0.1) is 6.92 Å². The highest BCUT2D eigenvalue weighted by Gasteiger charge is 2.04. The summed E-state index contributed by atoms with van der Waals surface area (Å²) < 4.78 is 3.67. The van der Waals surface area contributed by atoms with Gasteiger partial charge in [-0.2, -0.15) is 4.98 Å². The van der Waals surface area contributed by atoms with Crippen LogP contribution >= 0.6 is 0 Å². The molecule has 0 aliphatic carbocycles. The van der Waals surface area contributed by atoms with Crippen molar-refractivity contribution in [2.45, 2.75) is 13.3 Å². The SMILES string of the molecule is Cc1ccn2nc(NCCc3nncn3C)nc2c1. The molecule has 3 rings (SSSR count). The van der Waals surface area contributed by atoms with Crippen LogP contribution in [0.15, 0.2) is 24.7 Å². The second kappa shape index (κ2) is 4.68. The summed E-state index contributed by atoms with van der Waals surface area (Å²) in [6.45, 7) is 2.76. The van der Waals surface area contributed by atoms with Crippen molar-refractivity contribution in [3.8, 4) is 0 Å². The summed E-state index contributed by atoms with van der Waals surface area (Å²) in [5, 5.41) is 15.4. The molecule has 3 aromatic heterocycles. The third kappa shape index (κ3) is 2.40. The van der Waals surface area contributed by atoms with Crippen molar-refractivity contribution in [1.82, 2.24) is 29.4 Å². The molecule has 3 aromatic rings. The lowest BCUT2D eigenvalue weighted by atomic mass is 10.3. The average Bonchev–Trinajstić information content (AvgIpc) is 2.95. The van der Waals surface area contributed by atoms with Crippen molar-refractivity contribution in [2.24, 2.45) is 7.05 Å². The zero-order chi connectivity index (χ0) is 13.2. The van der Waals surface area contributed by atoms with E-state index in [0.29, 0.717) is 5.95 Å². The number of hydrogen-bond acceptors (Lipinski definition) is 5. The molecular weight excluding hydrogens is 242 g/mol. The van der Waals surface area contributed by atoms with Gasteiger partial charge in [-0.05, 0) is 24.6 Å². The fraction of sp³-hybridized carbons (Fsp3) is 0.333. The van der Waals surface area contributed by atoms with Gasteiger partial charge < -0.3 is 9.88 Å². The lowest BCUT2D eigenvalue weighted by Crippen LogP contribution is -2.09. The smallest absolute Gasteiger partial charge is 0.243 e. The molecule has 7 heteroatoms. The fourth-order valence-corrected chi connectivity index (χ4v) is 1.88. The lowest BCUT2D eigenvalue weighted by Gasteiger charge is -2.00. The number of rotatable bonds is 4. The van der Waals surface area contributed by atoms with E-state index in [-0.39, 0.29) is 0 Å². The Hall–Kier alpha value is -2.44. The molecule has 19 heavy (non-hydrogen) atoms. The number of fused-ring (bicyclic) bond motifs is 1. The van der Waals surface area contributed by atoms with Gasteiger partial charge in [0.1, 0.15) is 12.2 Å². The highest BCUT2D eigenvalue weighted by atomic mass is 15.3.